The molecule has 0 bridgehead atoms. The van der Waals surface area contributed by atoms with Crippen molar-refractivity contribution in [2.75, 3.05) is 0 Å². The van der Waals surface area contributed by atoms with Crippen LogP contribution in [-0.4, -0.2) is 48.1 Å². The van der Waals surface area contributed by atoms with E-state index in [0.717, 1.165) is 29.3 Å². The third kappa shape index (κ3) is 3.27. The smallest absolute Gasteiger partial charge is 0.325 e. The summed E-state index contributed by atoms with van der Waals surface area (Å²) in [7, 11) is 0. The molecule has 1 aromatic carbocycles. The van der Waals surface area contributed by atoms with Gasteiger partial charge in [-0.25, -0.2) is 9.48 Å². The molecule has 0 spiro atoms. The Morgan fingerprint density at radius 3 is 2.93 bits per heavy atom. The van der Waals surface area contributed by atoms with Gasteiger partial charge in [-0.05, 0) is 28.5 Å². The van der Waals surface area contributed by atoms with Gasteiger partial charge in [-0.3, -0.25) is 9.69 Å². The number of hydrogen-bond donors (Lipinski definition) is 2. The first-order valence-electron chi connectivity index (χ1n) is 9.09. The summed E-state index contributed by atoms with van der Waals surface area (Å²) < 4.78 is 1.65. The van der Waals surface area contributed by atoms with Crippen LogP contribution in [0, 0.1) is 0 Å². The fraction of sp³-hybridized carbons (Fsp3) is 0.389. The van der Waals surface area contributed by atoms with Crippen molar-refractivity contribution in [1.29, 1.82) is 0 Å². The highest BCUT2D eigenvalue weighted by atomic mass is 16.2. The van der Waals surface area contributed by atoms with E-state index in [1.54, 1.807) is 4.68 Å². The number of carbonyl (C=O) groups excluding carboxylic acids is 2. The molecule has 140 valence electrons. The molecular formula is C18H21N7O2. The van der Waals surface area contributed by atoms with Gasteiger partial charge in [0.2, 0.25) is 0 Å². The summed E-state index contributed by atoms with van der Waals surface area (Å²) in [5, 5.41) is 15.4. The van der Waals surface area contributed by atoms with E-state index in [-0.39, 0.29) is 12.5 Å². The molecule has 4 rings (SSSR count). The molecule has 2 aromatic heterocycles. The fourth-order valence-electron chi connectivity index (χ4n) is 3.34. The molecule has 9 heteroatoms. The second kappa shape index (κ2) is 7.18. The maximum atomic E-state index is 12.8. The number of unbranched alkanes of at least 4 members (excludes halogenated alkanes) is 1. The highest BCUT2D eigenvalue weighted by molar-refractivity contribution is 6.04. The Balaban J connectivity index is 1.48. The first kappa shape index (κ1) is 17.2. The number of aromatic amines is 1. The highest BCUT2D eigenvalue weighted by Gasteiger charge is 2.39. The number of para-hydroxylation sites is 1. The molecule has 3 aromatic rings. The third-order valence-corrected chi connectivity index (χ3v) is 4.84. The highest BCUT2D eigenvalue weighted by Crippen LogP contribution is 2.21. The average molecular weight is 367 g/mol. The van der Waals surface area contributed by atoms with E-state index >= 15 is 0 Å². The number of hydrogen-bond acceptors (Lipinski definition) is 5. The monoisotopic (exact) mass is 367 g/mol. The minimum Gasteiger partial charge on any atom is -0.361 e. The topological polar surface area (TPSA) is 109 Å². The van der Waals surface area contributed by atoms with Crippen molar-refractivity contribution in [3.8, 4) is 0 Å². The number of fused-ring (bicyclic) bond motifs is 1. The van der Waals surface area contributed by atoms with Gasteiger partial charge < -0.3 is 10.3 Å². The Morgan fingerprint density at radius 1 is 1.22 bits per heavy atom. The number of aromatic nitrogens is 5. The number of nitrogens with zero attached hydrogens (tertiary/aromatic N) is 5. The summed E-state index contributed by atoms with van der Waals surface area (Å²) in [5.74, 6) is 0.259. The van der Waals surface area contributed by atoms with Crippen molar-refractivity contribution >= 4 is 22.8 Å². The normalized spacial score (nSPS) is 17.1. The molecule has 1 fully saturated rings. The average Bonchev–Trinajstić information content (AvgIpc) is 3.36. The Morgan fingerprint density at radius 2 is 2.07 bits per heavy atom. The van der Waals surface area contributed by atoms with Gasteiger partial charge in [0.1, 0.15) is 6.04 Å². The number of carbonyl (C=O) groups is 2. The van der Waals surface area contributed by atoms with Gasteiger partial charge in [0, 0.05) is 30.1 Å². The van der Waals surface area contributed by atoms with Crippen LogP contribution in [0.2, 0.25) is 0 Å². The van der Waals surface area contributed by atoms with Gasteiger partial charge in [-0.2, -0.15) is 0 Å². The van der Waals surface area contributed by atoms with Crippen LogP contribution in [0.4, 0.5) is 4.79 Å². The van der Waals surface area contributed by atoms with Crippen LogP contribution in [-0.2, 0) is 24.3 Å². The number of nitrogens with one attached hydrogen (secondary N) is 2. The molecule has 3 heterocycles. The molecule has 27 heavy (non-hydrogen) atoms. The first-order valence-corrected chi connectivity index (χ1v) is 9.09. The van der Waals surface area contributed by atoms with Gasteiger partial charge >= 0.3 is 6.03 Å². The van der Waals surface area contributed by atoms with Crippen LogP contribution in [0.15, 0.2) is 30.5 Å². The molecule has 3 amide bonds. The van der Waals surface area contributed by atoms with Crippen LogP contribution in [0.5, 0.6) is 0 Å². The molecule has 1 saturated heterocycles. The lowest BCUT2D eigenvalue weighted by molar-refractivity contribution is -0.127. The Labute approximate surface area is 155 Å². The molecule has 0 saturated carbocycles. The predicted octanol–water partition coefficient (Wildman–Crippen LogP) is 1.62. The number of benzene rings is 1. The predicted molar refractivity (Wildman–Crippen MR) is 97.6 cm³/mol. The van der Waals surface area contributed by atoms with E-state index in [9.17, 15) is 9.59 Å². The number of tetrazole rings is 1. The van der Waals surface area contributed by atoms with Crippen molar-refractivity contribution in [1.82, 2.24) is 35.4 Å². The molecule has 1 atom stereocenters. The minimum absolute atomic E-state index is 0.0752. The lowest BCUT2D eigenvalue weighted by atomic mass is 10.1. The number of imide groups is 1. The summed E-state index contributed by atoms with van der Waals surface area (Å²) in [6.45, 7) is 2.82. The second-order valence-corrected chi connectivity index (χ2v) is 6.66. The van der Waals surface area contributed by atoms with E-state index in [1.807, 2.05) is 30.5 Å². The van der Waals surface area contributed by atoms with Crippen LogP contribution >= 0.6 is 0 Å². The number of urea groups is 1. The Kier molecular flexibility index (Phi) is 4.57. The molecular weight excluding hydrogens is 346 g/mol. The van der Waals surface area contributed by atoms with E-state index in [1.165, 1.54) is 4.90 Å². The maximum absolute atomic E-state index is 12.8. The molecule has 1 aliphatic heterocycles. The van der Waals surface area contributed by atoms with Crippen LogP contribution in [0.1, 0.15) is 31.2 Å². The van der Waals surface area contributed by atoms with E-state index in [0.29, 0.717) is 18.8 Å². The summed E-state index contributed by atoms with van der Waals surface area (Å²) in [5.41, 5.74) is 2.01. The molecule has 2 N–H and O–H groups in total. The molecule has 1 unspecified atom stereocenters. The van der Waals surface area contributed by atoms with Crippen molar-refractivity contribution in [3.63, 3.8) is 0 Å². The SMILES string of the molecule is CCCCn1nnnc1CN1C(=O)NC(Cc2c[nH]c3ccccc23)C1=O. The summed E-state index contributed by atoms with van der Waals surface area (Å²) in [6, 6.07) is 6.90. The quantitative estimate of drug-likeness (QED) is 0.617. The van der Waals surface area contributed by atoms with E-state index in [2.05, 4.69) is 32.7 Å². The van der Waals surface area contributed by atoms with Gasteiger partial charge in [0.25, 0.3) is 5.91 Å². The second-order valence-electron chi connectivity index (χ2n) is 6.66. The molecule has 1 aliphatic rings. The van der Waals surface area contributed by atoms with Gasteiger partial charge in [-0.15, -0.1) is 5.10 Å². The van der Waals surface area contributed by atoms with E-state index in [4.69, 9.17) is 0 Å². The lowest BCUT2D eigenvalue weighted by Crippen LogP contribution is -2.33. The number of amides is 3. The van der Waals surface area contributed by atoms with E-state index < -0.39 is 12.1 Å². The van der Waals surface area contributed by atoms with Crippen LogP contribution in [0.25, 0.3) is 10.9 Å². The maximum Gasteiger partial charge on any atom is 0.325 e. The zero-order valence-corrected chi connectivity index (χ0v) is 15.1. The number of H-pyrrole nitrogens is 1. The minimum atomic E-state index is -0.586. The lowest BCUT2D eigenvalue weighted by Gasteiger charge is -2.12. The molecule has 0 aliphatic carbocycles. The zero-order valence-electron chi connectivity index (χ0n) is 15.1. The summed E-state index contributed by atoms with van der Waals surface area (Å²) >= 11 is 0. The Bertz CT molecular complexity index is 977. The number of aryl methyl sites for hydroxylation is 1. The summed E-state index contributed by atoms with van der Waals surface area (Å²) in [4.78, 5) is 29.5. The Hall–Kier alpha value is -3.23. The third-order valence-electron chi connectivity index (χ3n) is 4.84. The summed E-state index contributed by atoms with van der Waals surface area (Å²) in [6.07, 6.45) is 4.26. The molecule has 9 nitrogen and oxygen atoms in total. The van der Waals surface area contributed by atoms with Crippen LogP contribution in [0.3, 0.4) is 0 Å². The zero-order chi connectivity index (χ0) is 18.8. The first-order chi connectivity index (χ1) is 13.2. The van der Waals surface area contributed by atoms with Crippen LogP contribution < -0.4 is 5.32 Å². The largest absolute Gasteiger partial charge is 0.361 e. The van der Waals surface area contributed by atoms with Gasteiger partial charge in [0.15, 0.2) is 5.82 Å². The van der Waals surface area contributed by atoms with Crippen molar-refractivity contribution < 1.29 is 9.59 Å². The molecule has 0 radical (unpaired) electrons. The van der Waals surface area contributed by atoms with Gasteiger partial charge in [0.05, 0.1) is 6.54 Å². The number of rotatable bonds is 7. The van der Waals surface area contributed by atoms with Gasteiger partial charge in [-0.1, -0.05) is 31.5 Å². The van der Waals surface area contributed by atoms with Crippen molar-refractivity contribution in [3.05, 3.63) is 41.9 Å². The fourth-order valence-corrected chi connectivity index (χ4v) is 3.34. The van der Waals surface area contributed by atoms with Crippen molar-refractivity contribution in [2.45, 2.75) is 45.3 Å². The standard InChI is InChI=1S/C18H21N7O2/c1-2-3-8-25-16(21-22-23-25)11-24-17(26)15(20-18(24)27)9-12-10-19-14-7-5-4-6-13(12)14/h4-7,10,15,19H,2-3,8-9,11H2,1H3,(H,20,27). The van der Waals surface area contributed by atoms with Crippen molar-refractivity contribution in [2.24, 2.45) is 0 Å².